The van der Waals surface area contributed by atoms with Crippen LogP contribution in [0.15, 0.2) is 85.1 Å². The van der Waals surface area contributed by atoms with Crippen molar-refractivity contribution in [1.29, 1.82) is 0 Å². The van der Waals surface area contributed by atoms with Gasteiger partial charge in [0.15, 0.2) is 0 Å². The standard InChI is InChI=1S/C46H48N4O.Pt/c1-11-32-21-22-47-43(23-32)49-41-18-13-12-15-39(41)40-20-19-35(27-42(40)49)51-36-25-33(46(8,9)10)24-34(26-36)50-31(7)44(30(6)48-50)45-37(28(2)3)16-14-17-38(45)29(4)5;/h12-25,28-29H,11H2,1-10H3;/q-2;+2. The number of aromatic nitrogens is 4. The molecule has 7 aromatic rings. The van der Waals surface area contributed by atoms with Crippen molar-refractivity contribution < 1.29 is 25.8 Å². The Labute approximate surface area is 323 Å². The summed E-state index contributed by atoms with van der Waals surface area (Å²) in [7, 11) is 0. The maximum atomic E-state index is 6.69. The predicted octanol–water partition coefficient (Wildman–Crippen LogP) is 12.1. The quantitative estimate of drug-likeness (QED) is 0.143. The van der Waals surface area contributed by atoms with Crippen molar-refractivity contribution in [2.45, 2.75) is 92.9 Å². The van der Waals surface area contributed by atoms with Crippen molar-refractivity contribution in [3.05, 3.63) is 131 Å². The van der Waals surface area contributed by atoms with Crippen molar-refractivity contribution in [3.63, 3.8) is 0 Å². The molecule has 0 saturated heterocycles. The number of fused-ring (bicyclic) bond motifs is 3. The molecular weight excluding hydrogens is 820 g/mol. The number of rotatable bonds is 8. The van der Waals surface area contributed by atoms with Gasteiger partial charge in [-0.15, -0.1) is 41.3 Å². The molecule has 0 radical (unpaired) electrons. The third-order valence-electron chi connectivity index (χ3n) is 10.1. The average Bonchev–Trinajstić information content (AvgIpc) is 3.59. The number of ether oxygens (including phenoxy) is 1. The molecule has 7 rings (SSSR count). The fourth-order valence-electron chi connectivity index (χ4n) is 7.30. The van der Waals surface area contributed by atoms with Crippen LogP contribution >= 0.6 is 0 Å². The minimum Gasteiger partial charge on any atom is -0.509 e. The molecule has 3 heterocycles. The van der Waals surface area contributed by atoms with Crippen molar-refractivity contribution in [2.24, 2.45) is 0 Å². The van der Waals surface area contributed by atoms with Crippen LogP contribution in [0.2, 0.25) is 0 Å². The van der Waals surface area contributed by atoms with Crippen LogP contribution in [0.3, 0.4) is 0 Å². The van der Waals surface area contributed by atoms with E-state index in [0.29, 0.717) is 23.3 Å². The molecule has 0 atom stereocenters. The van der Waals surface area contributed by atoms with Gasteiger partial charge in [0.2, 0.25) is 0 Å². The number of aryl methyl sites for hydroxylation is 2. The van der Waals surface area contributed by atoms with Crippen molar-refractivity contribution in [2.75, 3.05) is 0 Å². The Bertz CT molecular complexity index is 2380. The van der Waals surface area contributed by atoms with Gasteiger partial charge in [-0.2, -0.15) is 11.2 Å². The summed E-state index contributed by atoms with van der Waals surface area (Å²) in [6.07, 6.45) is 2.83. The Hall–Kier alpha value is -4.47. The van der Waals surface area contributed by atoms with E-state index in [2.05, 4.69) is 159 Å². The third-order valence-corrected chi connectivity index (χ3v) is 10.1. The first-order chi connectivity index (χ1) is 24.3. The Morgan fingerprint density at radius 3 is 2.15 bits per heavy atom. The number of hydrogen-bond acceptors (Lipinski definition) is 3. The second-order valence-corrected chi connectivity index (χ2v) is 15.4. The zero-order valence-corrected chi connectivity index (χ0v) is 34.2. The minimum atomic E-state index is -0.133. The molecule has 5 nitrogen and oxygen atoms in total. The first-order valence-electron chi connectivity index (χ1n) is 18.2. The van der Waals surface area contributed by atoms with Crippen LogP contribution in [-0.4, -0.2) is 19.3 Å². The molecule has 0 fully saturated rings. The van der Waals surface area contributed by atoms with Gasteiger partial charge in [-0.05, 0) is 89.0 Å². The first kappa shape index (κ1) is 37.3. The molecule has 0 aliphatic heterocycles. The summed E-state index contributed by atoms with van der Waals surface area (Å²) in [6.45, 7) is 22.2. The minimum absolute atomic E-state index is 0. The van der Waals surface area contributed by atoms with Crippen LogP contribution in [0.25, 0.3) is 44.4 Å². The van der Waals surface area contributed by atoms with Gasteiger partial charge in [0.05, 0.1) is 5.69 Å². The third kappa shape index (κ3) is 6.76. The number of nitrogens with zero attached hydrogens (tertiary/aromatic N) is 4. The number of benzene rings is 4. The smallest absolute Gasteiger partial charge is 0.509 e. The summed E-state index contributed by atoms with van der Waals surface area (Å²) in [5, 5.41) is 7.42. The summed E-state index contributed by atoms with van der Waals surface area (Å²) in [5.41, 5.74) is 12.4. The van der Waals surface area contributed by atoms with E-state index in [9.17, 15) is 0 Å². The summed E-state index contributed by atoms with van der Waals surface area (Å²) >= 11 is 0. The van der Waals surface area contributed by atoms with Crippen molar-refractivity contribution >= 4 is 21.8 Å². The predicted molar refractivity (Wildman–Crippen MR) is 211 cm³/mol. The van der Waals surface area contributed by atoms with Gasteiger partial charge < -0.3 is 9.30 Å². The molecule has 0 saturated carbocycles. The number of pyridine rings is 1. The molecule has 268 valence electrons. The number of hydrogen-bond donors (Lipinski definition) is 0. The van der Waals surface area contributed by atoms with Crippen LogP contribution < -0.4 is 4.74 Å². The fraction of sp³-hybridized carbons (Fsp3) is 0.304. The van der Waals surface area contributed by atoms with Gasteiger partial charge in [0.1, 0.15) is 5.82 Å². The molecule has 0 amide bonds. The van der Waals surface area contributed by atoms with E-state index >= 15 is 0 Å². The zero-order valence-electron chi connectivity index (χ0n) is 32.0. The summed E-state index contributed by atoms with van der Waals surface area (Å²) in [4.78, 5) is 4.78. The first-order valence-corrected chi connectivity index (χ1v) is 18.2. The molecule has 52 heavy (non-hydrogen) atoms. The van der Waals surface area contributed by atoms with Crippen molar-refractivity contribution in [1.82, 2.24) is 19.3 Å². The summed E-state index contributed by atoms with van der Waals surface area (Å²) in [5.74, 6) is 2.89. The van der Waals surface area contributed by atoms with Crippen LogP contribution in [0.4, 0.5) is 0 Å². The molecule has 4 aromatic carbocycles. The molecule has 0 N–H and O–H groups in total. The van der Waals surface area contributed by atoms with Gasteiger partial charge in [0, 0.05) is 34.5 Å². The summed E-state index contributed by atoms with van der Waals surface area (Å²) < 4.78 is 10.9. The Balaban J connectivity index is 0.00000464. The van der Waals surface area contributed by atoms with Crippen LogP contribution in [0.5, 0.6) is 11.5 Å². The average molecular weight is 868 g/mol. The molecular formula is C46H48N4OPt. The maximum absolute atomic E-state index is 6.69. The second kappa shape index (κ2) is 14.5. The Morgan fingerprint density at radius 2 is 1.48 bits per heavy atom. The van der Waals surface area contributed by atoms with E-state index in [-0.39, 0.29) is 26.5 Å². The maximum Gasteiger partial charge on any atom is 2.00 e. The molecule has 0 aliphatic carbocycles. The number of para-hydroxylation sites is 1. The van der Waals surface area contributed by atoms with Gasteiger partial charge in [-0.25, -0.2) is 4.98 Å². The van der Waals surface area contributed by atoms with Crippen LogP contribution in [0.1, 0.15) is 101 Å². The van der Waals surface area contributed by atoms with Gasteiger partial charge >= 0.3 is 21.1 Å². The normalized spacial score (nSPS) is 11.9. The molecule has 6 heteroatoms. The van der Waals surface area contributed by atoms with Crippen molar-refractivity contribution in [3.8, 4) is 34.1 Å². The molecule has 0 aliphatic rings. The van der Waals surface area contributed by atoms with E-state index in [4.69, 9.17) is 14.8 Å². The molecule has 3 aromatic heterocycles. The SMILES string of the molecule is CCc1ccnc(-n2c3[c-]c(Oc4[c-]c(-n5nc(C)c(-c6c(C(C)C)cccc6C(C)C)c5C)cc(C(C)(C)C)c4)ccc3c3ccccc32)c1.[Pt+2]. The van der Waals surface area contributed by atoms with E-state index in [1.807, 2.05) is 16.9 Å². The van der Waals surface area contributed by atoms with Crippen LogP contribution in [0, 0.1) is 26.0 Å². The fourth-order valence-corrected chi connectivity index (χ4v) is 7.30. The Morgan fingerprint density at radius 1 is 0.769 bits per heavy atom. The largest absolute Gasteiger partial charge is 2.00 e. The molecule has 0 unspecified atom stereocenters. The van der Waals surface area contributed by atoms with E-state index in [1.165, 1.54) is 27.8 Å². The topological polar surface area (TPSA) is 44.9 Å². The van der Waals surface area contributed by atoms with Crippen LogP contribution in [-0.2, 0) is 32.9 Å². The molecule has 0 spiro atoms. The summed E-state index contributed by atoms with van der Waals surface area (Å²) in [6, 6.07) is 35.1. The van der Waals surface area contributed by atoms with E-state index in [1.54, 1.807) is 0 Å². The van der Waals surface area contributed by atoms with Gasteiger partial charge in [-0.3, -0.25) is 4.68 Å². The van der Waals surface area contributed by atoms with Gasteiger partial charge in [-0.1, -0.05) is 97.3 Å². The zero-order chi connectivity index (χ0) is 36.2. The monoisotopic (exact) mass is 867 g/mol. The van der Waals surface area contributed by atoms with E-state index < -0.39 is 0 Å². The Kier molecular flexibility index (Phi) is 10.4. The molecule has 0 bridgehead atoms. The second-order valence-electron chi connectivity index (χ2n) is 15.4. The van der Waals surface area contributed by atoms with Gasteiger partial charge in [0.25, 0.3) is 0 Å². The van der Waals surface area contributed by atoms with E-state index in [0.717, 1.165) is 56.7 Å².